The summed E-state index contributed by atoms with van der Waals surface area (Å²) in [5, 5.41) is 4.43. The van der Waals surface area contributed by atoms with Crippen LogP contribution in [0.4, 0.5) is 0 Å². The molecule has 0 fully saturated rings. The van der Waals surface area contributed by atoms with E-state index in [0.717, 1.165) is 11.8 Å². The van der Waals surface area contributed by atoms with E-state index in [1.807, 2.05) is 23.5 Å². The van der Waals surface area contributed by atoms with Crippen molar-refractivity contribution in [1.82, 2.24) is 5.32 Å². The fraction of sp³-hybridized carbons (Fsp3) is 0.538. The van der Waals surface area contributed by atoms with Crippen LogP contribution in [-0.4, -0.2) is 23.8 Å². The van der Waals surface area contributed by atoms with Gasteiger partial charge in [0.2, 0.25) is 0 Å². The van der Waals surface area contributed by atoms with Crippen molar-refractivity contribution < 1.29 is 0 Å². The van der Waals surface area contributed by atoms with Crippen molar-refractivity contribution in [2.45, 2.75) is 29.5 Å². The predicted octanol–water partition coefficient (Wildman–Crippen LogP) is 3.56. The third-order valence-electron chi connectivity index (χ3n) is 3.04. The lowest BCUT2D eigenvalue weighted by atomic mass is 10.1. The summed E-state index contributed by atoms with van der Waals surface area (Å²) in [6.45, 7) is 3.42. The van der Waals surface area contributed by atoms with Gasteiger partial charge in [-0.05, 0) is 30.9 Å². The van der Waals surface area contributed by atoms with Gasteiger partial charge in [-0.1, -0.05) is 25.1 Å². The first kappa shape index (κ1) is 12.3. The summed E-state index contributed by atoms with van der Waals surface area (Å²) >= 11 is 3.92. The summed E-state index contributed by atoms with van der Waals surface area (Å²) in [5.74, 6) is 1.19. The van der Waals surface area contributed by atoms with E-state index >= 15 is 0 Å². The van der Waals surface area contributed by atoms with E-state index in [0.29, 0.717) is 6.04 Å². The lowest BCUT2D eigenvalue weighted by Crippen LogP contribution is -2.23. The summed E-state index contributed by atoms with van der Waals surface area (Å²) in [5.41, 5.74) is 1.49. The minimum atomic E-state index is 0.565. The highest BCUT2D eigenvalue weighted by molar-refractivity contribution is 7.99. The first-order valence-corrected chi connectivity index (χ1v) is 8.06. The van der Waals surface area contributed by atoms with Gasteiger partial charge in [-0.15, -0.1) is 11.8 Å². The second-order valence-electron chi connectivity index (χ2n) is 4.19. The van der Waals surface area contributed by atoms with Crippen LogP contribution < -0.4 is 5.32 Å². The SMILES string of the molecule is CSC(C)CCNC1CSc2ccccc21. The van der Waals surface area contributed by atoms with Crippen LogP contribution in [-0.2, 0) is 0 Å². The highest BCUT2D eigenvalue weighted by atomic mass is 32.2. The Morgan fingerprint density at radius 1 is 1.50 bits per heavy atom. The maximum Gasteiger partial charge on any atom is 0.0426 e. The molecule has 1 aliphatic heterocycles. The summed E-state index contributed by atoms with van der Waals surface area (Å²) < 4.78 is 0. The second kappa shape index (κ2) is 5.99. The van der Waals surface area contributed by atoms with Crippen molar-refractivity contribution in [2.75, 3.05) is 18.6 Å². The zero-order valence-corrected chi connectivity index (χ0v) is 11.5. The predicted molar refractivity (Wildman–Crippen MR) is 75.5 cm³/mol. The third-order valence-corrected chi connectivity index (χ3v) is 5.27. The average Bonchev–Trinajstić information content (AvgIpc) is 2.73. The molecular formula is C13H19NS2. The molecule has 0 bridgehead atoms. The molecule has 1 nitrogen and oxygen atoms in total. The number of benzene rings is 1. The van der Waals surface area contributed by atoms with Crippen LogP contribution in [0.5, 0.6) is 0 Å². The van der Waals surface area contributed by atoms with Crippen LogP contribution in [0.15, 0.2) is 29.2 Å². The van der Waals surface area contributed by atoms with Crippen molar-refractivity contribution in [3.05, 3.63) is 29.8 Å². The van der Waals surface area contributed by atoms with Gasteiger partial charge >= 0.3 is 0 Å². The van der Waals surface area contributed by atoms with Gasteiger partial charge in [-0.25, -0.2) is 0 Å². The molecule has 1 heterocycles. The summed E-state index contributed by atoms with van der Waals surface area (Å²) in [6, 6.07) is 9.32. The molecule has 1 N–H and O–H groups in total. The molecule has 2 unspecified atom stereocenters. The molecule has 0 amide bonds. The van der Waals surface area contributed by atoms with E-state index in [-0.39, 0.29) is 0 Å². The van der Waals surface area contributed by atoms with Gasteiger partial charge in [0, 0.05) is 21.9 Å². The molecule has 1 aromatic carbocycles. The Morgan fingerprint density at radius 3 is 3.12 bits per heavy atom. The molecule has 3 heteroatoms. The van der Waals surface area contributed by atoms with Crippen LogP contribution >= 0.6 is 23.5 Å². The lowest BCUT2D eigenvalue weighted by molar-refractivity contribution is 0.565. The quantitative estimate of drug-likeness (QED) is 0.861. The number of rotatable bonds is 5. The maximum absolute atomic E-state index is 3.67. The Kier molecular flexibility index (Phi) is 4.62. The van der Waals surface area contributed by atoms with Crippen LogP contribution in [0.1, 0.15) is 24.9 Å². The summed E-state index contributed by atoms with van der Waals surface area (Å²) in [6.07, 6.45) is 3.44. The van der Waals surface area contributed by atoms with E-state index in [4.69, 9.17) is 0 Å². The number of fused-ring (bicyclic) bond motifs is 1. The average molecular weight is 253 g/mol. The smallest absolute Gasteiger partial charge is 0.0426 e. The molecule has 0 aliphatic carbocycles. The molecule has 16 heavy (non-hydrogen) atoms. The molecule has 1 aromatic rings. The fourth-order valence-electron chi connectivity index (χ4n) is 1.91. The topological polar surface area (TPSA) is 12.0 Å². The molecule has 0 saturated heterocycles. The largest absolute Gasteiger partial charge is 0.309 e. The molecule has 1 aliphatic rings. The number of hydrogen-bond donors (Lipinski definition) is 1. The molecule has 2 rings (SSSR count). The molecule has 0 radical (unpaired) electrons. The first-order chi connectivity index (χ1) is 7.81. The highest BCUT2D eigenvalue weighted by Crippen LogP contribution is 2.37. The Morgan fingerprint density at radius 2 is 2.31 bits per heavy atom. The van der Waals surface area contributed by atoms with Crippen LogP contribution in [0.3, 0.4) is 0 Å². The van der Waals surface area contributed by atoms with Gasteiger partial charge in [0.25, 0.3) is 0 Å². The van der Waals surface area contributed by atoms with Crippen molar-refractivity contribution in [3.8, 4) is 0 Å². The minimum Gasteiger partial charge on any atom is -0.309 e. The van der Waals surface area contributed by atoms with Gasteiger partial charge in [-0.3, -0.25) is 0 Å². The Bertz CT molecular complexity index is 340. The van der Waals surface area contributed by atoms with Gasteiger partial charge in [0.15, 0.2) is 0 Å². The standard InChI is InChI=1S/C13H19NS2/c1-10(15-2)7-8-14-12-9-16-13-6-4-3-5-11(12)13/h3-6,10,12,14H,7-9H2,1-2H3. The number of nitrogens with one attached hydrogen (secondary N) is 1. The summed E-state index contributed by atoms with van der Waals surface area (Å²) in [7, 11) is 0. The molecule has 2 atom stereocenters. The molecular weight excluding hydrogens is 234 g/mol. The Hall–Kier alpha value is -0.120. The van der Waals surface area contributed by atoms with Crippen LogP contribution in [0, 0.1) is 0 Å². The van der Waals surface area contributed by atoms with Gasteiger partial charge < -0.3 is 5.32 Å². The molecule has 88 valence electrons. The molecule has 0 saturated carbocycles. The number of hydrogen-bond acceptors (Lipinski definition) is 3. The maximum atomic E-state index is 3.67. The summed E-state index contributed by atoms with van der Waals surface area (Å²) in [4.78, 5) is 1.46. The van der Waals surface area contributed by atoms with E-state index in [1.54, 1.807) is 0 Å². The molecule has 0 aromatic heterocycles. The highest BCUT2D eigenvalue weighted by Gasteiger charge is 2.21. The van der Waals surface area contributed by atoms with E-state index in [9.17, 15) is 0 Å². The van der Waals surface area contributed by atoms with E-state index < -0.39 is 0 Å². The Balaban J connectivity index is 1.84. The third kappa shape index (κ3) is 2.96. The number of thioether (sulfide) groups is 2. The van der Waals surface area contributed by atoms with Gasteiger partial charge in [-0.2, -0.15) is 11.8 Å². The molecule has 0 spiro atoms. The van der Waals surface area contributed by atoms with Crippen LogP contribution in [0.25, 0.3) is 0 Å². The van der Waals surface area contributed by atoms with Crippen molar-refractivity contribution in [1.29, 1.82) is 0 Å². The monoisotopic (exact) mass is 253 g/mol. The van der Waals surface area contributed by atoms with E-state index in [2.05, 4.69) is 42.8 Å². The minimum absolute atomic E-state index is 0.565. The van der Waals surface area contributed by atoms with Gasteiger partial charge in [0.05, 0.1) is 0 Å². The van der Waals surface area contributed by atoms with Crippen LogP contribution in [0.2, 0.25) is 0 Å². The lowest BCUT2D eigenvalue weighted by Gasteiger charge is -2.14. The van der Waals surface area contributed by atoms with Crippen molar-refractivity contribution in [3.63, 3.8) is 0 Å². The zero-order chi connectivity index (χ0) is 11.4. The van der Waals surface area contributed by atoms with E-state index in [1.165, 1.54) is 22.6 Å². The second-order valence-corrected chi connectivity index (χ2v) is 6.53. The van der Waals surface area contributed by atoms with Gasteiger partial charge in [0.1, 0.15) is 0 Å². The first-order valence-electron chi connectivity index (χ1n) is 5.79. The normalized spacial score (nSPS) is 20.8. The van der Waals surface area contributed by atoms with Crippen molar-refractivity contribution >= 4 is 23.5 Å². The fourth-order valence-corrected chi connectivity index (χ4v) is 3.46. The Labute approximate surface area is 107 Å². The zero-order valence-electron chi connectivity index (χ0n) is 9.90. The van der Waals surface area contributed by atoms with Crippen molar-refractivity contribution in [2.24, 2.45) is 0 Å².